The molecule has 1 rings (SSSR count). The average molecular weight is 266 g/mol. The summed E-state index contributed by atoms with van der Waals surface area (Å²) in [6, 6.07) is 6.28. The minimum atomic E-state index is 1.00. The Balaban J connectivity index is 0.000000982. The summed E-state index contributed by atoms with van der Waals surface area (Å²) in [7, 11) is 0. The molecule has 0 aliphatic heterocycles. The zero-order chi connectivity index (χ0) is 14.2. The summed E-state index contributed by atoms with van der Waals surface area (Å²) in [5, 5.41) is 9.00. The van der Waals surface area contributed by atoms with E-state index in [0.717, 1.165) is 5.34 Å². The van der Waals surface area contributed by atoms with E-state index in [4.69, 9.17) is 10.1 Å². The fourth-order valence-electron chi connectivity index (χ4n) is 2.01. The van der Waals surface area contributed by atoms with E-state index in [-0.39, 0.29) is 0 Å². The van der Waals surface area contributed by atoms with E-state index in [1.165, 1.54) is 57.9 Å². The van der Waals surface area contributed by atoms with Crippen molar-refractivity contribution >= 4 is 0 Å². The molecule has 1 aromatic heterocycles. The van der Waals surface area contributed by atoms with Crippen LogP contribution in [0, 0.1) is 10.1 Å². The summed E-state index contributed by atoms with van der Waals surface area (Å²) in [6.07, 6.45) is 15.5. The van der Waals surface area contributed by atoms with Gasteiger partial charge in [-0.25, -0.2) is 4.57 Å². The van der Waals surface area contributed by atoms with Crippen LogP contribution < -0.4 is 4.57 Å². The highest BCUT2D eigenvalue weighted by Crippen LogP contribution is 2.08. The molecule has 0 saturated carbocycles. The zero-order valence-electron chi connectivity index (χ0n) is 12.0. The molecular weight excluding hydrogens is 240 g/mol. The number of hydrogen-bond donors (Lipinski definition) is 0. The smallest absolute Gasteiger partial charge is 0.168 e. The maximum atomic E-state index is 8.00. The van der Waals surface area contributed by atoms with Gasteiger partial charge in [0.2, 0.25) is 0 Å². The van der Waals surface area contributed by atoms with Gasteiger partial charge in [0.05, 0.1) is 0 Å². The van der Waals surface area contributed by atoms with Gasteiger partial charge in [0.25, 0.3) is 0 Å². The molecule has 0 spiro atoms. The minimum Gasteiger partial charge on any atom is -0.444 e. The van der Waals surface area contributed by atoms with Crippen LogP contribution in [0.15, 0.2) is 35.9 Å². The molecule has 0 radical (unpaired) electrons. The van der Waals surface area contributed by atoms with E-state index < -0.39 is 0 Å². The molecule has 0 fully saturated rings. The van der Waals surface area contributed by atoms with Gasteiger partial charge < -0.3 is 10.1 Å². The Morgan fingerprint density at radius 3 is 1.89 bits per heavy atom. The molecule has 0 unspecified atom stereocenters. The number of pyridine rings is 1. The van der Waals surface area contributed by atoms with Gasteiger partial charge in [-0.15, -0.1) is 5.34 Å². The molecule has 4 nitrogen and oxygen atoms in total. The second kappa shape index (κ2) is 14.6. The predicted molar refractivity (Wildman–Crippen MR) is 78.4 cm³/mol. The van der Waals surface area contributed by atoms with Crippen molar-refractivity contribution in [3.8, 4) is 0 Å². The normalized spacial score (nSPS) is 9.53. The van der Waals surface area contributed by atoms with Crippen molar-refractivity contribution in [2.24, 2.45) is 5.34 Å². The van der Waals surface area contributed by atoms with Crippen molar-refractivity contribution in [3.63, 3.8) is 0 Å². The van der Waals surface area contributed by atoms with Crippen LogP contribution in [0.5, 0.6) is 0 Å². The van der Waals surface area contributed by atoms with E-state index in [1.54, 1.807) is 0 Å². The highest BCUT2D eigenvalue weighted by molar-refractivity contribution is 4.83. The molecule has 4 heteroatoms. The minimum absolute atomic E-state index is 1.00. The van der Waals surface area contributed by atoms with Crippen LogP contribution in [0.1, 0.15) is 58.3 Å². The van der Waals surface area contributed by atoms with Crippen LogP contribution in [-0.2, 0) is 6.54 Å². The molecule has 19 heavy (non-hydrogen) atoms. The van der Waals surface area contributed by atoms with Crippen molar-refractivity contribution in [1.29, 1.82) is 0 Å². The number of aromatic nitrogens is 1. The predicted octanol–water partition coefficient (Wildman–Crippen LogP) is 4.37. The Kier molecular flexibility index (Phi) is 13.5. The number of aryl methyl sites for hydroxylation is 1. The van der Waals surface area contributed by atoms with Crippen LogP contribution in [-0.4, -0.2) is 0 Å². The lowest BCUT2D eigenvalue weighted by Crippen LogP contribution is -2.32. The van der Waals surface area contributed by atoms with Crippen molar-refractivity contribution in [1.82, 2.24) is 0 Å². The summed E-state index contributed by atoms with van der Waals surface area (Å²) >= 11 is 0. The SMILES string of the molecule is CCCCCCCCCC[n+]1ccccc1.O=N[O-]. The van der Waals surface area contributed by atoms with Gasteiger partial charge in [0.15, 0.2) is 12.4 Å². The van der Waals surface area contributed by atoms with Gasteiger partial charge >= 0.3 is 0 Å². The third-order valence-electron chi connectivity index (χ3n) is 3.05. The van der Waals surface area contributed by atoms with E-state index in [1.807, 2.05) is 0 Å². The van der Waals surface area contributed by atoms with Crippen LogP contribution in [0.2, 0.25) is 0 Å². The van der Waals surface area contributed by atoms with Gasteiger partial charge in [-0.2, -0.15) is 0 Å². The molecule has 1 aromatic rings. The number of unbranched alkanes of at least 4 members (excludes halogenated alkanes) is 7. The number of hydrogen-bond acceptors (Lipinski definition) is 3. The average Bonchev–Trinajstić information content (AvgIpc) is 2.44. The maximum absolute atomic E-state index is 8.00. The lowest BCUT2D eigenvalue weighted by Gasteiger charge is -2.00. The monoisotopic (exact) mass is 266 g/mol. The summed E-state index contributed by atoms with van der Waals surface area (Å²) in [5.41, 5.74) is 0. The highest BCUT2D eigenvalue weighted by Gasteiger charge is 1.97. The third kappa shape index (κ3) is 12.8. The largest absolute Gasteiger partial charge is 0.444 e. The molecule has 1 heterocycles. The molecule has 0 amide bonds. The third-order valence-corrected chi connectivity index (χ3v) is 3.05. The molecule has 0 saturated heterocycles. The molecule has 0 aromatic carbocycles. The molecule has 0 aliphatic rings. The first kappa shape index (κ1) is 17.6. The lowest BCUT2D eigenvalue weighted by molar-refractivity contribution is -0.697. The second-order valence-electron chi connectivity index (χ2n) is 4.66. The quantitative estimate of drug-likeness (QED) is 0.288. The highest BCUT2D eigenvalue weighted by atomic mass is 16.6. The van der Waals surface area contributed by atoms with Gasteiger partial charge in [0.1, 0.15) is 6.54 Å². The first-order valence-electron chi connectivity index (χ1n) is 7.24. The Morgan fingerprint density at radius 2 is 1.37 bits per heavy atom. The van der Waals surface area contributed by atoms with Crippen LogP contribution in [0.25, 0.3) is 0 Å². The second-order valence-corrected chi connectivity index (χ2v) is 4.66. The summed E-state index contributed by atoms with van der Waals surface area (Å²) in [6.45, 7) is 3.45. The van der Waals surface area contributed by atoms with Crippen LogP contribution in [0.4, 0.5) is 0 Å². The van der Waals surface area contributed by atoms with Gasteiger partial charge in [-0.05, 0) is 6.42 Å². The molecular formula is C15H26N2O2. The molecule has 0 atom stereocenters. The number of nitrogens with zero attached hydrogens (tertiary/aromatic N) is 2. The van der Waals surface area contributed by atoms with Crippen molar-refractivity contribution in [2.45, 2.75) is 64.8 Å². The van der Waals surface area contributed by atoms with Gasteiger partial charge in [-0.1, -0.05) is 51.5 Å². The van der Waals surface area contributed by atoms with Crippen molar-refractivity contribution in [3.05, 3.63) is 40.7 Å². The summed E-state index contributed by atoms with van der Waals surface area (Å²) in [4.78, 5) is 8.00. The maximum Gasteiger partial charge on any atom is 0.168 e. The Bertz CT molecular complexity index is 291. The fraction of sp³-hybridized carbons (Fsp3) is 0.667. The van der Waals surface area contributed by atoms with Crippen molar-refractivity contribution < 1.29 is 4.57 Å². The standard InChI is InChI=1S/C15H26N.HNO2/c1-2-3-4-5-6-7-8-10-13-16-14-11-9-12-15-16;2-1-3/h9,11-12,14-15H,2-8,10,13H2,1H3;(H,2,3)/q+1;/p-1. The first-order chi connectivity index (χ1) is 9.35. The number of rotatable bonds is 9. The first-order valence-corrected chi connectivity index (χ1v) is 7.24. The van der Waals surface area contributed by atoms with Gasteiger partial charge in [0, 0.05) is 18.6 Å². The summed E-state index contributed by atoms with van der Waals surface area (Å²) in [5.74, 6) is 0. The molecule has 0 N–H and O–H groups in total. The molecule has 0 aliphatic carbocycles. The van der Waals surface area contributed by atoms with Crippen LogP contribution >= 0.6 is 0 Å². The van der Waals surface area contributed by atoms with Gasteiger partial charge in [-0.3, -0.25) is 0 Å². The summed E-state index contributed by atoms with van der Waals surface area (Å²) < 4.78 is 2.27. The Labute approximate surface area is 116 Å². The van der Waals surface area contributed by atoms with E-state index in [2.05, 4.69) is 42.1 Å². The molecule has 108 valence electrons. The lowest BCUT2D eigenvalue weighted by atomic mass is 10.1. The Hall–Kier alpha value is -1.45. The zero-order valence-corrected chi connectivity index (χ0v) is 12.0. The molecule has 0 bridgehead atoms. The van der Waals surface area contributed by atoms with E-state index >= 15 is 0 Å². The van der Waals surface area contributed by atoms with Crippen molar-refractivity contribution in [2.75, 3.05) is 0 Å². The van der Waals surface area contributed by atoms with E-state index in [0.29, 0.717) is 0 Å². The fourth-order valence-corrected chi connectivity index (χ4v) is 2.01. The Morgan fingerprint density at radius 1 is 0.895 bits per heavy atom. The van der Waals surface area contributed by atoms with Crippen LogP contribution in [0.3, 0.4) is 0 Å². The van der Waals surface area contributed by atoms with E-state index in [9.17, 15) is 0 Å². The topological polar surface area (TPSA) is 56.4 Å².